The highest BCUT2D eigenvalue weighted by Crippen LogP contribution is 2.41. The number of hydrogen-bond acceptors (Lipinski definition) is 3. The molecule has 9 aromatic rings. The van der Waals surface area contributed by atoms with Gasteiger partial charge in [-0.25, -0.2) is 15.0 Å². The van der Waals surface area contributed by atoms with Crippen molar-refractivity contribution in [2.75, 3.05) is 0 Å². The summed E-state index contributed by atoms with van der Waals surface area (Å²) in [5, 5.41) is 4.69. The second-order valence-corrected chi connectivity index (χ2v) is 10.9. The molecule has 0 fully saturated rings. The maximum absolute atomic E-state index is 5.26. The van der Waals surface area contributed by atoms with E-state index in [1.807, 2.05) is 42.6 Å². The number of para-hydroxylation sites is 2. The van der Waals surface area contributed by atoms with Gasteiger partial charge in [0.1, 0.15) is 11.6 Å². The van der Waals surface area contributed by atoms with E-state index in [-0.39, 0.29) is 0 Å². The van der Waals surface area contributed by atoms with Crippen molar-refractivity contribution in [1.82, 2.24) is 24.1 Å². The average molecular weight is 564 g/mol. The highest BCUT2D eigenvalue weighted by molar-refractivity contribution is 6.23. The third kappa shape index (κ3) is 3.69. The molecule has 9 rings (SSSR count). The molecule has 5 nitrogen and oxygen atoms in total. The standard InChI is InChI=1S/C39H25N5/c1-3-13-26(14-4-1)32-25-36(42-39(41-32)27-15-5-2-6-16-27)44-34-20-10-8-18-29(34)31-23-22-30-28-17-7-9-19-33(28)43(37(30)38(31)44)35-21-11-12-24-40-35/h1-25H. The third-order valence-corrected chi connectivity index (χ3v) is 8.39. The summed E-state index contributed by atoms with van der Waals surface area (Å²) in [5.74, 6) is 2.38. The van der Waals surface area contributed by atoms with Crippen molar-refractivity contribution in [3.05, 3.63) is 152 Å². The van der Waals surface area contributed by atoms with E-state index in [4.69, 9.17) is 15.0 Å². The van der Waals surface area contributed by atoms with Crippen LogP contribution >= 0.6 is 0 Å². The molecule has 0 aliphatic rings. The van der Waals surface area contributed by atoms with Crippen molar-refractivity contribution in [1.29, 1.82) is 0 Å². The molecule has 0 saturated carbocycles. The zero-order chi connectivity index (χ0) is 29.0. The summed E-state index contributed by atoms with van der Waals surface area (Å²) >= 11 is 0. The summed E-state index contributed by atoms with van der Waals surface area (Å²) in [7, 11) is 0. The number of hydrogen-bond donors (Lipinski definition) is 0. The van der Waals surface area contributed by atoms with Crippen molar-refractivity contribution in [3.8, 4) is 34.3 Å². The van der Waals surface area contributed by atoms with Gasteiger partial charge in [0.2, 0.25) is 0 Å². The molecule has 0 atom stereocenters. The minimum atomic E-state index is 0.685. The first-order chi connectivity index (χ1) is 21.8. The Morgan fingerprint density at radius 2 is 0.955 bits per heavy atom. The van der Waals surface area contributed by atoms with E-state index in [1.165, 1.54) is 16.2 Å². The lowest BCUT2D eigenvalue weighted by Gasteiger charge is -2.14. The topological polar surface area (TPSA) is 48.5 Å². The molecular weight excluding hydrogens is 538 g/mol. The van der Waals surface area contributed by atoms with Gasteiger partial charge in [-0.05, 0) is 24.3 Å². The van der Waals surface area contributed by atoms with E-state index < -0.39 is 0 Å². The maximum Gasteiger partial charge on any atom is 0.162 e. The highest BCUT2D eigenvalue weighted by Gasteiger charge is 2.22. The molecule has 0 N–H and O–H groups in total. The van der Waals surface area contributed by atoms with Crippen LogP contribution in [0.4, 0.5) is 0 Å². The van der Waals surface area contributed by atoms with Gasteiger partial charge in [-0.2, -0.15) is 0 Å². The first-order valence-electron chi connectivity index (χ1n) is 14.7. The monoisotopic (exact) mass is 563 g/mol. The second kappa shape index (κ2) is 9.75. The van der Waals surface area contributed by atoms with Crippen LogP contribution < -0.4 is 0 Å². The first-order valence-corrected chi connectivity index (χ1v) is 14.7. The molecule has 0 saturated heterocycles. The van der Waals surface area contributed by atoms with Crippen molar-refractivity contribution in [2.24, 2.45) is 0 Å². The molecule has 5 heteroatoms. The summed E-state index contributed by atoms with van der Waals surface area (Å²) in [6.45, 7) is 0. The van der Waals surface area contributed by atoms with Crippen LogP contribution in [0.3, 0.4) is 0 Å². The molecule has 4 aromatic heterocycles. The molecule has 0 unspecified atom stereocenters. The van der Waals surface area contributed by atoms with Crippen molar-refractivity contribution >= 4 is 43.6 Å². The summed E-state index contributed by atoms with van der Waals surface area (Å²) in [6.07, 6.45) is 1.86. The zero-order valence-corrected chi connectivity index (χ0v) is 23.7. The van der Waals surface area contributed by atoms with Gasteiger partial charge in [0.05, 0.1) is 27.8 Å². The van der Waals surface area contributed by atoms with Crippen LogP contribution in [0.25, 0.3) is 77.9 Å². The molecule has 206 valence electrons. The van der Waals surface area contributed by atoms with Gasteiger partial charge >= 0.3 is 0 Å². The molecule has 0 radical (unpaired) electrons. The molecule has 0 amide bonds. The van der Waals surface area contributed by atoms with Gasteiger partial charge in [0.25, 0.3) is 0 Å². The number of fused-ring (bicyclic) bond motifs is 7. The Kier molecular flexibility index (Phi) is 5.43. The summed E-state index contributed by atoms with van der Waals surface area (Å²) < 4.78 is 4.60. The third-order valence-electron chi connectivity index (χ3n) is 8.39. The Labute approximate surface area is 253 Å². The van der Waals surface area contributed by atoms with Gasteiger partial charge < -0.3 is 0 Å². The fourth-order valence-corrected chi connectivity index (χ4v) is 6.48. The molecule has 4 heterocycles. The lowest BCUT2D eigenvalue weighted by molar-refractivity contribution is 1.04. The van der Waals surface area contributed by atoms with Crippen molar-refractivity contribution < 1.29 is 0 Å². The SMILES string of the molecule is c1ccc(-c2cc(-n3c4ccccc4c4ccc5c6ccccc6n(-c6ccccn6)c5c43)nc(-c3ccccc3)n2)cc1. The molecule has 0 bridgehead atoms. The van der Waals surface area contributed by atoms with Crippen molar-refractivity contribution in [3.63, 3.8) is 0 Å². The van der Waals surface area contributed by atoms with Crippen LogP contribution in [0.5, 0.6) is 0 Å². The lowest BCUT2D eigenvalue weighted by Crippen LogP contribution is -2.04. The summed E-state index contributed by atoms with van der Waals surface area (Å²) in [6, 6.07) is 50.4. The van der Waals surface area contributed by atoms with E-state index in [0.29, 0.717) is 5.82 Å². The average Bonchev–Trinajstić information content (AvgIpc) is 3.62. The fraction of sp³-hybridized carbons (Fsp3) is 0. The van der Waals surface area contributed by atoms with Crippen LogP contribution in [-0.2, 0) is 0 Å². The molecule has 5 aromatic carbocycles. The Morgan fingerprint density at radius 3 is 1.57 bits per heavy atom. The van der Waals surface area contributed by atoms with Gasteiger partial charge in [-0.15, -0.1) is 0 Å². The second-order valence-electron chi connectivity index (χ2n) is 10.9. The van der Waals surface area contributed by atoms with E-state index in [1.54, 1.807) is 0 Å². The van der Waals surface area contributed by atoms with Gasteiger partial charge in [0, 0.05) is 44.9 Å². The highest BCUT2D eigenvalue weighted by atomic mass is 15.1. The van der Waals surface area contributed by atoms with E-state index >= 15 is 0 Å². The molecule has 0 aliphatic heterocycles. The number of aromatic nitrogens is 5. The fourth-order valence-electron chi connectivity index (χ4n) is 6.48. The van der Waals surface area contributed by atoms with E-state index in [2.05, 4.69) is 118 Å². The molecule has 44 heavy (non-hydrogen) atoms. The number of pyridine rings is 1. The number of rotatable bonds is 4. The van der Waals surface area contributed by atoms with Crippen LogP contribution in [0, 0.1) is 0 Å². The van der Waals surface area contributed by atoms with Crippen LogP contribution in [0.15, 0.2) is 152 Å². The van der Waals surface area contributed by atoms with E-state index in [0.717, 1.165) is 55.9 Å². The number of benzene rings is 5. The van der Waals surface area contributed by atoms with Gasteiger partial charge in [0.15, 0.2) is 5.82 Å². The smallest absolute Gasteiger partial charge is 0.162 e. The van der Waals surface area contributed by atoms with Gasteiger partial charge in [-0.1, -0.05) is 115 Å². The van der Waals surface area contributed by atoms with Crippen molar-refractivity contribution in [2.45, 2.75) is 0 Å². The lowest BCUT2D eigenvalue weighted by atomic mass is 10.1. The largest absolute Gasteiger partial charge is 0.292 e. The minimum absolute atomic E-state index is 0.685. The predicted octanol–water partition coefficient (Wildman–Crippen LogP) is 9.40. The molecular formula is C39H25N5. The molecule has 0 aliphatic carbocycles. The normalized spacial score (nSPS) is 11.6. The number of nitrogens with zero attached hydrogens (tertiary/aromatic N) is 5. The first kappa shape index (κ1) is 24.5. The van der Waals surface area contributed by atoms with Crippen LogP contribution in [0.2, 0.25) is 0 Å². The minimum Gasteiger partial charge on any atom is -0.292 e. The summed E-state index contributed by atoms with van der Waals surface area (Å²) in [5.41, 5.74) is 7.27. The zero-order valence-electron chi connectivity index (χ0n) is 23.7. The predicted molar refractivity (Wildman–Crippen MR) is 179 cm³/mol. The summed E-state index contributed by atoms with van der Waals surface area (Å²) in [4.78, 5) is 15.1. The van der Waals surface area contributed by atoms with Crippen LogP contribution in [-0.4, -0.2) is 24.1 Å². The van der Waals surface area contributed by atoms with E-state index in [9.17, 15) is 0 Å². The molecule has 0 spiro atoms. The Hall–Kier alpha value is -6.07. The van der Waals surface area contributed by atoms with Gasteiger partial charge in [-0.3, -0.25) is 9.13 Å². The Balaban J connectivity index is 1.48. The Morgan fingerprint density at radius 1 is 0.409 bits per heavy atom. The quantitative estimate of drug-likeness (QED) is 0.214. The maximum atomic E-state index is 5.26. The van der Waals surface area contributed by atoms with Crippen LogP contribution in [0.1, 0.15) is 0 Å². The Bertz CT molecular complexity index is 2420.